The van der Waals surface area contributed by atoms with Gasteiger partial charge in [-0.25, -0.2) is 4.79 Å². The highest BCUT2D eigenvalue weighted by molar-refractivity contribution is 5.89. The monoisotopic (exact) mass is 248 g/mol. The Morgan fingerprint density at radius 2 is 2.06 bits per heavy atom. The van der Waals surface area contributed by atoms with Crippen molar-refractivity contribution in [1.29, 1.82) is 0 Å². The number of carbonyl (C=O) groups is 1. The maximum atomic E-state index is 11.3. The van der Waals surface area contributed by atoms with Crippen LogP contribution >= 0.6 is 0 Å². The topological polar surface area (TPSA) is 55.6 Å². The lowest BCUT2D eigenvalue weighted by molar-refractivity contribution is 0.0600. The molecule has 0 aromatic heterocycles. The molecule has 1 aromatic rings. The summed E-state index contributed by atoms with van der Waals surface area (Å²) in [6, 6.07) is 7.84. The number of ether oxygens (including phenoxy) is 1. The number of nitrogens with zero attached hydrogens (tertiary/aromatic N) is 1. The molecule has 1 fully saturated rings. The van der Waals surface area contributed by atoms with Gasteiger partial charge in [-0.15, -0.1) is 0 Å². The van der Waals surface area contributed by atoms with Crippen molar-refractivity contribution in [2.24, 2.45) is 11.7 Å². The van der Waals surface area contributed by atoms with E-state index >= 15 is 0 Å². The van der Waals surface area contributed by atoms with Crippen molar-refractivity contribution < 1.29 is 9.53 Å². The highest BCUT2D eigenvalue weighted by Crippen LogP contribution is 2.17. The molecular weight excluding hydrogens is 228 g/mol. The van der Waals surface area contributed by atoms with E-state index in [1.807, 2.05) is 12.1 Å². The van der Waals surface area contributed by atoms with Crippen LogP contribution in [0.4, 0.5) is 0 Å². The van der Waals surface area contributed by atoms with Crippen LogP contribution in [0.25, 0.3) is 0 Å². The third-order valence-corrected chi connectivity index (χ3v) is 3.53. The Bertz CT molecular complexity index is 406. The second-order valence-electron chi connectivity index (χ2n) is 5.02. The Kier molecular flexibility index (Phi) is 3.99. The first kappa shape index (κ1) is 13.1. The normalized spacial score (nSPS) is 24.2. The first-order chi connectivity index (χ1) is 8.60. The fraction of sp³-hybridized carbons (Fsp3) is 0.500. The van der Waals surface area contributed by atoms with E-state index in [1.165, 1.54) is 12.7 Å². The highest BCUT2D eigenvalue weighted by atomic mass is 16.5. The van der Waals surface area contributed by atoms with Crippen molar-refractivity contribution in [3.8, 4) is 0 Å². The number of nitrogens with two attached hydrogens (primary N) is 1. The predicted octanol–water partition coefficient (Wildman–Crippen LogP) is 1.25. The third-order valence-electron chi connectivity index (χ3n) is 3.53. The molecule has 1 heterocycles. The van der Waals surface area contributed by atoms with Crippen molar-refractivity contribution in [1.82, 2.24) is 4.90 Å². The quantitative estimate of drug-likeness (QED) is 0.818. The molecule has 2 unspecified atom stereocenters. The zero-order valence-corrected chi connectivity index (χ0v) is 10.9. The molecule has 0 spiro atoms. The number of carbonyl (C=O) groups excluding carboxylic acids is 1. The zero-order valence-electron chi connectivity index (χ0n) is 10.9. The maximum absolute atomic E-state index is 11.3. The standard InChI is InChI=1S/C14H20N2O2/c1-10-7-16(9-13(10)15)8-11-3-5-12(6-4-11)14(17)18-2/h3-6,10,13H,7-9,15H2,1-2H3. The van der Waals surface area contributed by atoms with E-state index < -0.39 is 0 Å². The molecule has 1 aromatic carbocycles. The van der Waals surface area contributed by atoms with Crippen LogP contribution in [0.1, 0.15) is 22.8 Å². The SMILES string of the molecule is COC(=O)c1ccc(CN2CC(C)C(N)C2)cc1. The number of esters is 1. The highest BCUT2D eigenvalue weighted by Gasteiger charge is 2.26. The van der Waals surface area contributed by atoms with Crippen LogP contribution in [0.15, 0.2) is 24.3 Å². The molecule has 4 nitrogen and oxygen atoms in total. The average molecular weight is 248 g/mol. The minimum atomic E-state index is -0.293. The molecule has 1 aliphatic heterocycles. The van der Waals surface area contributed by atoms with Gasteiger partial charge in [0.05, 0.1) is 12.7 Å². The fourth-order valence-corrected chi connectivity index (χ4v) is 2.35. The largest absolute Gasteiger partial charge is 0.465 e. The molecule has 1 aliphatic rings. The van der Waals surface area contributed by atoms with Gasteiger partial charge in [-0.2, -0.15) is 0 Å². The summed E-state index contributed by atoms with van der Waals surface area (Å²) in [7, 11) is 1.39. The third kappa shape index (κ3) is 2.89. The first-order valence-electron chi connectivity index (χ1n) is 6.25. The van der Waals surface area contributed by atoms with Gasteiger partial charge in [0, 0.05) is 25.7 Å². The number of hydrogen-bond donors (Lipinski definition) is 1. The van der Waals surface area contributed by atoms with E-state index in [9.17, 15) is 4.79 Å². The van der Waals surface area contributed by atoms with E-state index in [2.05, 4.69) is 16.6 Å². The van der Waals surface area contributed by atoms with Gasteiger partial charge in [0.2, 0.25) is 0 Å². The Morgan fingerprint density at radius 1 is 1.39 bits per heavy atom. The van der Waals surface area contributed by atoms with Crippen LogP contribution in [0.5, 0.6) is 0 Å². The molecule has 0 radical (unpaired) electrons. The molecule has 2 rings (SSSR count). The van der Waals surface area contributed by atoms with E-state index in [4.69, 9.17) is 5.73 Å². The minimum absolute atomic E-state index is 0.277. The van der Waals surface area contributed by atoms with E-state index in [1.54, 1.807) is 12.1 Å². The zero-order chi connectivity index (χ0) is 13.1. The molecule has 98 valence electrons. The van der Waals surface area contributed by atoms with Crippen molar-refractivity contribution in [2.75, 3.05) is 20.2 Å². The van der Waals surface area contributed by atoms with Crippen molar-refractivity contribution in [2.45, 2.75) is 19.5 Å². The summed E-state index contributed by atoms with van der Waals surface area (Å²) in [6.45, 7) is 5.06. The molecule has 2 N–H and O–H groups in total. The molecule has 0 bridgehead atoms. The van der Waals surface area contributed by atoms with Gasteiger partial charge in [0.25, 0.3) is 0 Å². The Morgan fingerprint density at radius 3 is 2.56 bits per heavy atom. The second-order valence-corrected chi connectivity index (χ2v) is 5.02. The van der Waals surface area contributed by atoms with Gasteiger partial charge >= 0.3 is 5.97 Å². The van der Waals surface area contributed by atoms with Crippen LogP contribution < -0.4 is 5.73 Å². The Balaban J connectivity index is 1.97. The van der Waals surface area contributed by atoms with Gasteiger partial charge in [-0.3, -0.25) is 4.90 Å². The van der Waals surface area contributed by atoms with Gasteiger partial charge in [0.1, 0.15) is 0 Å². The summed E-state index contributed by atoms with van der Waals surface area (Å²) in [5, 5.41) is 0. The fourth-order valence-electron chi connectivity index (χ4n) is 2.35. The van der Waals surface area contributed by atoms with E-state index in [0.29, 0.717) is 11.5 Å². The summed E-state index contributed by atoms with van der Waals surface area (Å²) in [6.07, 6.45) is 0. The van der Waals surface area contributed by atoms with Gasteiger partial charge in [-0.05, 0) is 23.6 Å². The predicted molar refractivity (Wildman–Crippen MR) is 70.2 cm³/mol. The van der Waals surface area contributed by atoms with Crippen LogP contribution in [0.3, 0.4) is 0 Å². The molecule has 2 atom stereocenters. The van der Waals surface area contributed by atoms with Gasteiger partial charge in [-0.1, -0.05) is 19.1 Å². The number of hydrogen-bond acceptors (Lipinski definition) is 4. The molecule has 0 amide bonds. The van der Waals surface area contributed by atoms with Crippen LogP contribution in [0, 0.1) is 5.92 Å². The number of likely N-dealkylation sites (tertiary alicyclic amines) is 1. The molecule has 1 saturated heterocycles. The Hall–Kier alpha value is -1.39. The lowest BCUT2D eigenvalue weighted by atomic mass is 10.1. The van der Waals surface area contributed by atoms with Gasteiger partial charge in [0.15, 0.2) is 0 Å². The van der Waals surface area contributed by atoms with Crippen LogP contribution in [0.2, 0.25) is 0 Å². The van der Waals surface area contributed by atoms with Crippen LogP contribution in [-0.4, -0.2) is 37.1 Å². The van der Waals surface area contributed by atoms with Crippen LogP contribution in [-0.2, 0) is 11.3 Å². The number of benzene rings is 1. The van der Waals surface area contributed by atoms with Crippen molar-refractivity contribution in [3.63, 3.8) is 0 Å². The molecule has 0 aliphatic carbocycles. The molecular formula is C14H20N2O2. The Labute approximate surface area is 108 Å². The summed E-state index contributed by atoms with van der Waals surface area (Å²) in [4.78, 5) is 13.7. The smallest absolute Gasteiger partial charge is 0.337 e. The molecule has 0 saturated carbocycles. The summed E-state index contributed by atoms with van der Waals surface area (Å²) in [5.74, 6) is 0.262. The van der Waals surface area contributed by atoms with Gasteiger partial charge < -0.3 is 10.5 Å². The first-order valence-corrected chi connectivity index (χ1v) is 6.25. The van der Waals surface area contributed by atoms with Crippen molar-refractivity contribution >= 4 is 5.97 Å². The number of methoxy groups -OCH3 is 1. The summed E-state index contributed by atoms with van der Waals surface area (Å²) in [5.41, 5.74) is 7.79. The lowest BCUT2D eigenvalue weighted by Crippen LogP contribution is -2.28. The lowest BCUT2D eigenvalue weighted by Gasteiger charge is -2.15. The van der Waals surface area contributed by atoms with E-state index in [0.717, 1.165) is 19.6 Å². The molecule has 18 heavy (non-hydrogen) atoms. The summed E-state index contributed by atoms with van der Waals surface area (Å²) < 4.78 is 4.67. The van der Waals surface area contributed by atoms with Crippen molar-refractivity contribution in [3.05, 3.63) is 35.4 Å². The van der Waals surface area contributed by atoms with E-state index in [-0.39, 0.29) is 12.0 Å². The second kappa shape index (κ2) is 5.50. The minimum Gasteiger partial charge on any atom is -0.465 e. The maximum Gasteiger partial charge on any atom is 0.337 e. The summed E-state index contributed by atoms with van der Waals surface area (Å²) >= 11 is 0. The number of rotatable bonds is 3. The molecule has 4 heteroatoms. The average Bonchev–Trinajstić information content (AvgIpc) is 2.68.